The fourth-order valence-electron chi connectivity index (χ4n) is 3.98. The van der Waals surface area contributed by atoms with Crippen molar-refractivity contribution in [2.24, 2.45) is 5.92 Å². The van der Waals surface area contributed by atoms with Gasteiger partial charge in [-0.1, -0.05) is 24.6 Å². The molecule has 0 aromatic heterocycles. The maximum atomic E-state index is 12.8. The molecule has 2 amide bonds. The van der Waals surface area contributed by atoms with Crippen LogP contribution in [0.1, 0.15) is 49.7 Å². The molecule has 0 bridgehead atoms. The van der Waals surface area contributed by atoms with E-state index in [1.807, 2.05) is 19.1 Å². The van der Waals surface area contributed by atoms with Crippen LogP contribution in [-0.4, -0.2) is 37.6 Å². The number of aryl methyl sites for hydroxylation is 2. The first-order valence-corrected chi connectivity index (χ1v) is 13.1. The predicted octanol–water partition coefficient (Wildman–Crippen LogP) is 4.09. The Morgan fingerprint density at radius 3 is 2.33 bits per heavy atom. The van der Waals surface area contributed by atoms with Crippen molar-refractivity contribution in [1.29, 1.82) is 0 Å². The number of piperidine rings is 1. The molecule has 2 aromatic carbocycles. The lowest BCUT2D eigenvalue weighted by molar-refractivity contribution is -0.117. The van der Waals surface area contributed by atoms with Gasteiger partial charge < -0.3 is 10.6 Å². The molecule has 2 fully saturated rings. The van der Waals surface area contributed by atoms with Crippen molar-refractivity contribution in [1.82, 2.24) is 4.31 Å². The normalized spacial score (nSPS) is 16.9. The van der Waals surface area contributed by atoms with E-state index in [-0.39, 0.29) is 24.2 Å². The zero-order valence-corrected chi connectivity index (χ0v) is 19.8. The van der Waals surface area contributed by atoms with Crippen molar-refractivity contribution in [3.63, 3.8) is 0 Å². The van der Waals surface area contributed by atoms with E-state index in [1.165, 1.54) is 0 Å². The third-order valence-electron chi connectivity index (χ3n) is 6.24. The lowest BCUT2D eigenvalue weighted by atomic mass is 10.1. The van der Waals surface area contributed by atoms with Crippen LogP contribution in [0.2, 0.25) is 0 Å². The van der Waals surface area contributed by atoms with Crippen LogP contribution in [0.3, 0.4) is 0 Å². The Balaban J connectivity index is 1.32. The maximum absolute atomic E-state index is 12.8. The summed E-state index contributed by atoms with van der Waals surface area (Å²) in [6.07, 6.45) is 5.54. The molecule has 1 heterocycles. The number of nitrogens with one attached hydrogen (secondary N) is 2. The summed E-state index contributed by atoms with van der Waals surface area (Å²) in [5, 5.41) is 5.83. The number of carbonyl (C=O) groups is 2. The van der Waals surface area contributed by atoms with Gasteiger partial charge in [0.05, 0.1) is 4.90 Å². The average molecular weight is 470 g/mol. The van der Waals surface area contributed by atoms with Gasteiger partial charge >= 0.3 is 0 Å². The molecule has 1 saturated carbocycles. The highest BCUT2D eigenvalue weighted by Crippen LogP contribution is 2.31. The summed E-state index contributed by atoms with van der Waals surface area (Å²) in [6, 6.07) is 12.3. The first-order valence-electron chi connectivity index (χ1n) is 11.6. The number of anilines is 2. The minimum atomic E-state index is -3.45. The zero-order chi connectivity index (χ0) is 23.4. The lowest BCUT2D eigenvalue weighted by Crippen LogP contribution is -2.35. The quantitative estimate of drug-likeness (QED) is 0.609. The molecular formula is C25H31N3O4S. The minimum Gasteiger partial charge on any atom is -0.326 e. The Morgan fingerprint density at radius 2 is 1.67 bits per heavy atom. The van der Waals surface area contributed by atoms with Crippen LogP contribution in [0.4, 0.5) is 11.4 Å². The Morgan fingerprint density at radius 1 is 0.970 bits per heavy atom. The molecule has 0 spiro atoms. The van der Waals surface area contributed by atoms with E-state index in [0.717, 1.165) is 43.2 Å². The summed E-state index contributed by atoms with van der Waals surface area (Å²) >= 11 is 0. The summed E-state index contributed by atoms with van der Waals surface area (Å²) < 4.78 is 27.1. The lowest BCUT2D eigenvalue weighted by Gasteiger charge is -2.25. The van der Waals surface area contributed by atoms with Crippen LogP contribution in [0.5, 0.6) is 0 Å². The van der Waals surface area contributed by atoms with Crippen LogP contribution >= 0.6 is 0 Å². The summed E-state index contributed by atoms with van der Waals surface area (Å²) in [4.78, 5) is 24.8. The Bertz CT molecular complexity index is 1120. The molecule has 0 unspecified atom stereocenters. The SMILES string of the molecule is Cc1ccc(NC(=O)C2CC2)cc1NC(=O)CCc1ccc(S(=O)(=O)N2CCCCC2)cc1. The smallest absolute Gasteiger partial charge is 0.243 e. The van der Waals surface area contributed by atoms with Gasteiger partial charge in [0.15, 0.2) is 0 Å². The largest absolute Gasteiger partial charge is 0.326 e. The number of hydrogen-bond acceptors (Lipinski definition) is 4. The van der Waals surface area contributed by atoms with Crippen LogP contribution in [0.15, 0.2) is 47.4 Å². The molecule has 8 heteroatoms. The number of amides is 2. The Hall–Kier alpha value is -2.71. The molecule has 1 saturated heterocycles. The number of hydrogen-bond donors (Lipinski definition) is 2. The second kappa shape index (κ2) is 10.1. The molecule has 1 aliphatic carbocycles. The van der Waals surface area contributed by atoms with Gasteiger partial charge in [0, 0.05) is 36.8 Å². The van der Waals surface area contributed by atoms with Crippen molar-refractivity contribution < 1.29 is 18.0 Å². The van der Waals surface area contributed by atoms with Gasteiger partial charge in [-0.05, 0) is 74.4 Å². The molecular weight excluding hydrogens is 438 g/mol. The Labute approximate surface area is 195 Å². The van der Waals surface area contributed by atoms with Gasteiger partial charge in [0.2, 0.25) is 21.8 Å². The van der Waals surface area contributed by atoms with Crippen molar-refractivity contribution in [2.45, 2.75) is 56.8 Å². The minimum absolute atomic E-state index is 0.0295. The van der Waals surface area contributed by atoms with Crippen LogP contribution in [0.25, 0.3) is 0 Å². The second-order valence-electron chi connectivity index (χ2n) is 8.95. The van der Waals surface area contributed by atoms with E-state index in [1.54, 1.807) is 34.6 Å². The number of rotatable bonds is 8. The van der Waals surface area contributed by atoms with E-state index in [0.29, 0.717) is 35.8 Å². The second-order valence-corrected chi connectivity index (χ2v) is 10.9. The molecule has 1 aliphatic heterocycles. The zero-order valence-electron chi connectivity index (χ0n) is 19.0. The fourth-order valence-corrected chi connectivity index (χ4v) is 5.49. The van der Waals surface area contributed by atoms with Gasteiger partial charge in [-0.15, -0.1) is 0 Å². The van der Waals surface area contributed by atoms with Gasteiger partial charge in [0.1, 0.15) is 0 Å². The standard InChI is InChI=1S/C25H31N3O4S/c1-18-5-11-21(26-25(30)20-9-10-20)17-23(18)27-24(29)14-8-19-6-12-22(13-7-19)33(31,32)28-15-3-2-4-16-28/h5-7,11-13,17,20H,2-4,8-10,14-16H2,1H3,(H,26,30)(H,27,29). The molecule has 0 atom stereocenters. The van der Waals surface area contributed by atoms with Crippen molar-refractivity contribution in [3.05, 3.63) is 53.6 Å². The van der Waals surface area contributed by atoms with E-state index < -0.39 is 10.0 Å². The first-order chi connectivity index (χ1) is 15.8. The number of sulfonamides is 1. The summed E-state index contributed by atoms with van der Waals surface area (Å²) in [6.45, 7) is 3.06. The summed E-state index contributed by atoms with van der Waals surface area (Å²) in [7, 11) is -3.45. The first kappa shape index (κ1) is 23.4. The van der Waals surface area contributed by atoms with E-state index in [4.69, 9.17) is 0 Å². The van der Waals surface area contributed by atoms with Crippen molar-refractivity contribution in [3.8, 4) is 0 Å². The summed E-state index contributed by atoms with van der Waals surface area (Å²) in [5.41, 5.74) is 3.18. The van der Waals surface area contributed by atoms with E-state index in [2.05, 4.69) is 10.6 Å². The molecule has 2 N–H and O–H groups in total. The highest BCUT2D eigenvalue weighted by atomic mass is 32.2. The summed E-state index contributed by atoms with van der Waals surface area (Å²) in [5.74, 6) is 0.0150. The van der Waals surface area contributed by atoms with E-state index in [9.17, 15) is 18.0 Å². The predicted molar refractivity (Wildman–Crippen MR) is 129 cm³/mol. The highest BCUT2D eigenvalue weighted by Gasteiger charge is 2.29. The van der Waals surface area contributed by atoms with Gasteiger partial charge in [-0.3, -0.25) is 9.59 Å². The molecule has 33 heavy (non-hydrogen) atoms. The van der Waals surface area contributed by atoms with Gasteiger partial charge in [-0.25, -0.2) is 8.42 Å². The molecule has 2 aliphatic rings. The van der Waals surface area contributed by atoms with Crippen LogP contribution < -0.4 is 10.6 Å². The fraction of sp³-hybridized carbons (Fsp3) is 0.440. The monoisotopic (exact) mass is 469 g/mol. The maximum Gasteiger partial charge on any atom is 0.243 e. The molecule has 7 nitrogen and oxygen atoms in total. The molecule has 4 rings (SSSR count). The van der Waals surface area contributed by atoms with Crippen molar-refractivity contribution in [2.75, 3.05) is 23.7 Å². The highest BCUT2D eigenvalue weighted by molar-refractivity contribution is 7.89. The van der Waals surface area contributed by atoms with Crippen LogP contribution in [0, 0.1) is 12.8 Å². The van der Waals surface area contributed by atoms with Gasteiger partial charge in [-0.2, -0.15) is 4.31 Å². The molecule has 2 aromatic rings. The third-order valence-corrected chi connectivity index (χ3v) is 8.16. The Kier molecular flexibility index (Phi) is 7.14. The number of carbonyl (C=O) groups excluding carboxylic acids is 2. The third kappa shape index (κ3) is 6.00. The van der Waals surface area contributed by atoms with E-state index >= 15 is 0 Å². The van der Waals surface area contributed by atoms with Crippen molar-refractivity contribution >= 4 is 33.2 Å². The number of benzene rings is 2. The average Bonchev–Trinajstić information content (AvgIpc) is 3.66. The molecule has 0 radical (unpaired) electrons. The van der Waals surface area contributed by atoms with Gasteiger partial charge in [0.25, 0.3) is 0 Å². The number of nitrogens with zero attached hydrogens (tertiary/aromatic N) is 1. The molecule has 176 valence electrons. The topological polar surface area (TPSA) is 95.6 Å². The van der Waals surface area contributed by atoms with Crippen LogP contribution in [-0.2, 0) is 26.0 Å².